The van der Waals surface area contributed by atoms with Crippen LogP contribution in [0, 0.1) is 0 Å². The first-order valence-corrected chi connectivity index (χ1v) is 8.97. The molecule has 0 bridgehead atoms. The van der Waals surface area contributed by atoms with Crippen LogP contribution in [-0.4, -0.2) is 29.2 Å². The molecule has 0 aliphatic carbocycles. The Labute approximate surface area is 143 Å². The minimum Gasteiger partial charge on any atom is -0.444 e. The van der Waals surface area contributed by atoms with Gasteiger partial charge in [-0.1, -0.05) is 37.1 Å². The maximum Gasteiger partial charge on any atom is 0.410 e. The quantitative estimate of drug-likeness (QED) is 0.587. The first-order valence-electron chi connectivity index (χ1n) is 8.97. The number of allylic oxidation sites excluding steroid dienone is 4. The molecule has 134 valence electrons. The number of carbonyl (C=O) groups is 1. The Morgan fingerprint density at radius 3 is 2.35 bits per heavy atom. The summed E-state index contributed by atoms with van der Waals surface area (Å²) in [6.07, 6.45) is 11.7. The number of rotatable bonds is 3. The summed E-state index contributed by atoms with van der Waals surface area (Å²) in [6.45, 7) is 15.0. The molecule has 0 aromatic carbocycles. The van der Waals surface area contributed by atoms with Crippen molar-refractivity contribution < 1.29 is 9.53 Å². The van der Waals surface area contributed by atoms with Crippen LogP contribution in [0.2, 0.25) is 0 Å². The summed E-state index contributed by atoms with van der Waals surface area (Å²) in [5, 5.41) is 0. The van der Waals surface area contributed by atoms with Crippen LogP contribution in [0.3, 0.4) is 0 Å². The average Bonchev–Trinajstić information content (AvgIpc) is 2.45. The zero-order valence-electron chi connectivity index (χ0n) is 16.3. The maximum atomic E-state index is 12.0. The molecule has 0 radical (unpaired) electrons. The number of hydrogen-bond donors (Lipinski definition) is 0. The molecule has 0 spiro atoms. The molecule has 1 heterocycles. The molecule has 1 aliphatic rings. The van der Waals surface area contributed by atoms with Crippen molar-refractivity contribution in [2.75, 3.05) is 6.54 Å². The minimum atomic E-state index is -0.384. The number of hydrogen-bond acceptors (Lipinski definition) is 2. The highest BCUT2D eigenvalue weighted by atomic mass is 16.6. The third-order valence-electron chi connectivity index (χ3n) is 3.50. The maximum absolute atomic E-state index is 12.0. The molecule has 1 saturated heterocycles. The van der Waals surface area contributed by atoms with Crippen molar-refractivity contribution in [1.82, 2.24) is 4.90 Å². The van der Waals surface area contributed by atoms with Crippen molar-refractivity contribution in [3.05, 3.63) is 23.8 Å². The lowest BCUT2D eigenvalue weighted by atomic mass is 9.99. The molecule has 1 unspecified atom stereocenters. The fourth-order valence-electron chi connectivity index (χ4n) is 2.48. The number of piperidine rings is 1. The van der Waals surface area contributed by atoms with Crippen molar-refractivity contribution in [1.29, 1.82) is 0 Å². The summed E-state index contributed by atoms with van der Waals surface area (Å²) in [4.78, 5) is 13.9. The van der Waals surface area contributed by atoms with Crippen LogP contribution in [0.15, 0.2) is 23.8 Å². The van der Waals surface area contributed by atoms with Crippen molar-refractivity contribution in [3.63, 3.8) is 0 Å². The third kappa shape index (κ3) is 11.0. The fraction of sp³-hybridized carbons (Fsp3) is 0.750. The smallest absolute Gasteiger partial charge is 0.410 e. The highest BCUT2D eigenvalue weighted by Crippen LogP contribution is 2.23. The van der Waals surface area contributed by atoms with Gasteiger partial charge in [0.25, 0.3) is 0 Å². The van der Waals surface area contributed by atoms with Gasteiger partial charge in [0.1, 0.15) is 5.60 Å². The van der Waals surface area contributed by atoms with Crippen molar-refractivity contribution in [2.24, 2.45) is 0 Å². The van der Waals surface area contributed by atoms with E-state index in [1.165, 1.54) is 12.0 Å². The van der Waals surface area contributed by atoms with Gasteiger partial charge in [-0.25, -0.2) is 4.79 Å². The van der Waals surface area contributed by atoms with E-state index in [-0.39, 0.29) is 11.7 Å². The zero-order chi connectivity index (χ0) is 17.9. The minimum absolute atomic E-state index is 0.134. The Morgan fingerprint density at radius 2 is 1.91 bits per heavy atom. The second kappa shape index (κ2) is 11.3. The van der Waals surface area contributed by atoms with E-state index in [1.54, 1.807) is 0 Å². The van der Waals surface area contributed by atoms with Gasteiger partial charge in [0, 0.05) is 12.6 Å². The monoisotopic (exact) mass is 323 g/mol. The Kier molecular flexibility index (Phi) is 10.7. The van der Waals surface area contributed by atoms with E-state index in [2.05, 4.69) is 26.8 Å². The summed E-state index contributed by atoms with van der Waals surface area (Å²) >= 11 is 0. The molecule has 0 aromatic heterocycles. The van der Waals surface area contributed by atoms with Crippen molar-refractivity contribution in [3.8, 4) is 0 Å². The van der Waals surface area contributed by atoms with Crippen LogP contribution in [0.1, 0.15) is 80.6 Å². The van der Waals surface area contributed by atoms with Crippen LogP contribution in [0.25, 0.3) is 0 Å². The lowest BCUT2D eigenvalue weighted by Crippen LogP contribution is -2.46. The molecule has 1 aliphatic heterocycles. The Balaban J connectivity index is 0.000000585. The number of ether oxygens (including phenoxy) is 1. The molecule has 1 rings (SSSR count). The van der Waals surface area contributed by atoms with Gasteiger partial charge in [-0.05, 0) is 67.2 Å². The van der Waals surface area contributed by atoms with E-state index >= 15 is 0 Å². The SMILES string of the molecule is C/C=C\C=C(C)C.CCCC1CCCCN1C(=O)OC(C)(C)C. The van der Waals surface area contributed by atoms with Crippen molar-refractivity contribution in [2.45, 2.75) is 92.2 Å². The summed E-state index contributed by atoms with van der Waals surface area (Å²) < 4.78 is 5.44. The van der Waals surface area contributed by atoms with Crippen molar-refractivity contribution >= 4 is 6.09 Å². The third-order valence-corrected chi connectivity index (χ3v) is 3.50. The fourth-order valence-corrected chi connectivity index (χ4v) is 2.48. The van der Waals surface area contributed by atoms with Gasteiger partial charge in [0.2, 0.25) is 0 Å². The molecule has 3 heteroatoms. The Bertz CT molecular complexity index is 385. The van der Waals surface area contributed by atoms with Crippen LogP contribution in [0.5, 0.6) is 0 Å². The standard InChI is InChI=1S/C13H25NO2.C7H12/c1-5-8-11-9-6-7-10-14(11)12(15)16-13(2,3)4;1-4-5-6-7(2)3/h11H,5-10H2,1-4H3;4-6H,1-3H3/b;5-4-. The Hall–Kier alpha value is -1.25. The average molecular weight is 324 g/mol. The van der Waals surface area contributed by atoms with E-state index in [0.717, 1.165) is 32.2 Å². The van der Waals surface area contributed by atoms with Gasteiger partial charge >= 0.3 is 6.09 Å². The van der Waals surface area contributed by atoms with E-state index in [1.807, 2.05) is 44.7 Å². The second-order valence-electron chi connectivity index (χ2n) is 7.38. The normalized spacial score (nSPS) is 18.2. The van der Waals surface area contributed by atoms with Gasteiger partial charge in [0.15, 0.2) is 0 Å². The van der Waals surface area contributed by atoms with Crippen LogP contribution < -0.4 is 0 Å². The highest BCUT2D eigenvalue weighted by Gasteiger charge is 2.29. The van der Waals surface area contributed by atoms with Gasteiger partial charge in [-0.2, -0.15) is 0 Å². The number of nitrogens with zero attached hydrogens (tertiary/aromatic N) is 1. The topological polar surface area (TPSA) is 29.5 Å². The van der Waals surface area contributed by atoms with Gasteiger partial charge in [0.05, 0.1) is 0 Å². The van der Waals surface area contributed by atoms with E-state index in [9.17, 15) is 4.79 Å². The summed E-state index contributed by atoms with van der Waals surface area (Å²) in [5.41, 5.74) is 0.962. The predicted molar refractivity (Wildman–Crippen MR) is 99.7 cm³/mol. The van der Waals surface area contributed by atoms with Gasteiger partial charge < -0.3 is 9.64 Å². The molecule has 0 saturated carbocycles. The largest absolute Gasteiger partial charge is 0.444 e. The second-order valence-corrected chi connectivity index (χ2v) is 7.38. The molecule has 0 aromatic rings. The molecule has 1 fully saturated rings. The van der Waals surface area contributed by atoms with Crippen LogP contribution in [-0.2, 0) is 4.74 Å². The van der Waals surface area contributed by atoms with Gasteiger partial charge in [-0.3, -0.25) is 0 Å². The Morgan fingerprint density at radius 1 is 1.26 bits per heavy atom. The van der Waals surface area contributed by atoms with Gasteiger partial charge in [-0.15, -0.1) is 0 Å². The lowest BCUT2D eigenvalue weighted by molar-refractivity contribution is 0.00881. The summed E-state index contributed by atoms with van der Waals surface area (Å²) in [6, 6.07) is 0.397. The van der Waals surface area contributed by atoms with Crippen LogP contribution >= 0.6 is 0 Å². The molecular weight excluding hydrogens is 286 g/mol. The van der Waals surface area contributed by atoms with E-state index in [0.29, 0.717) is 6.04 Å². The number of likely N-dealkylation sites (tertiary alicyclic amines) is 1. The van der Waals surface area contributed by atoms with E-state index < -0.39 is 0 Å². The number of carbonyl (C=O) groups excluding carboxylic acids is 1. The van der Waals surface area contributed by atoms with E-state index in [4.69, 9.17) is 4.74 Å². The molecule has 0 N–H and O–H groups in total. The first kappa shape index (κ1) is 21.8. The molecule has 1 amide bonds. The summed E-state index contributed by atoms with van der Waals surface area (Å²) in [7, 11) is 0. The highest BCUT2D eigenvalue weighted by molar-refractivity contribution is 5.68. The predicted octanol–water partition coefficient (Wildman–Crippen LogP) is 6.10. The lowest BCUT2D eigenvalue weighted by Gasteiger charge is -2.36. The summed E-state index contributed by atoms with van der Waals surface area (Å²) in [5.74, 6) is 0. The molecule has 1 atom stereocenters. The first-order chi connectivity index (χ1) is 10.7. The zero-order valence-corrected chi connectivity index (χ0v) is 16.3. The molecular formula is C20H37NO2. The number of amides is 1. The molecule has 3 nitrogen and oxygen atoms in total. The molecule has 23 heavy (non-hydrogen) atoms. The van der Waals surface area contributed by atoms with Crippen LogP contribution in [0.4, 0.5) is 4.79 Å².